The lowest BCUT2D eigenvalue weighted by atomic mass is 9.49. The van der Waals surface area contributed by atoms with Crippen LogP contribution in [-0.4, -0.2) is 23.9 Å². The topological polar surface area (TPSA) is 58.2 Å². The molecule has 0 aromatic carbocycles. The molecule has 0 heterocycles. The zero-order chi connectivity index (χ0) is 14.6. The summed E-state index contributed by atoms with van der Waals surface area (Å²) in [6, 6.07) is -0.0393. The molecule has 5 aliphatic rings. The highest BCUT2D eigenvalue weighted by molar-refractivity contribution is 5.90. The van der Waals surface area contributed by atoms with Crippen LogP contribution in [0.2, 0.25) is 0 Å². The molecule has 4 heteroatoms. The molecule has 0 radical (unpaired) electrons. The molecule has 2 amide bonds. The Hall–Kier alpha value is -1.06. The SMILES string of the molecule is C[C@H](NC(=O)C12CC3CC(CC(C3)C1)C2)C(=O)NC1CC1. The van der Waals surface area contributed by atoms with E-state index in [2.05, 4.69) is 10.6 Å². The van der Waals surface area contributed by atoms with E-state index < -0.39 is 6.04 Å². The van der Waals surface area contributed by atoms with Crippen molar-refractivity contribution >= 4 is 11.8 Å². The molecular formula is C17H26N2O2. The van der Waals surface area contributed by atoms with Crippen molar-refractivity contribution in [3.63, 3.8) is 0 Å². The highest BCUT2D eigenvalue weighted by atomic mass is 16.2. The molecule has 5 saturated carbocycles. The first kappa shape index (κ1) is 13.6. The van der Waals surface area contributed by atoms with Gasteiger partial charge in [-0.2, -0.15) is 0 Å². The summed E-state index contributed by atoms with van der Waals surface area (Å²) in [5.74, 6) is 2.42. The van der Waals surface area contributed by atoms with E-state index in [0.29, 0.717) is 6.04 Å². The second-order valence-electron chi connectivity index (χ2n) is 8.18. The van der Waals surface area contributed by atoms with Crippen molar-refractivity contribution in [2.24, 2.45) is 23.2 Å². The van der Waals surface area contributed by atoms with Gasteiger partial charge in [-0.1, -0.05) is 0 Å². The second-order valence-corrected chi connectivity index (χ2v) is 8.18. The van der Waals surface area contributed by atoms with Gasteiger partial charge in [-0.3, -0.25) is 9.59 Å². The van der Waals surface area contributed by atoms with Crippen LogP contribution < -0.4 is 10.6 Å². The Kier molecular flexibility index (Phi) is 3.05. The van der Waals surface area contributed by atoms with Crippen molar-refractivity contribution in [3.8, 4) is 0 Å². The van der Waals surface area contributed by atoms with E-state index in [-0.39, 0.29) is 17.2 Å². The maximum atomic E-state index is 12.8. The van der Waals surface area contributed by atoms with Crippen molar-refractivity contribution in [2.75, 3.05) is 0 Å². The molecule has 5 aliphatic carbocycles. The number of hydrogen-bond donors (Lipinski definition) is 2. The summed E-state index contributed by atoms with van der Waals surface area (Å²) in [6.45, 7) is 1.82. The Bertz CT molecular complexity index is 434. The van der Waals surface area contributed by atoms with Gasteiger partial charge in [0, 0.05) is 11.5 Å². The van der Waals surface area contributed by atoms with Crippen LogP contribution in [0.1, 0.15) is 58.3 Å². The lowest BCUT2D eigenvalue weighted by Crippen LogP contribution is -2.56. The van der Waals surface area contributed by atoms with Crippen molar-refractivity contribution in [3.05, 3.63) is 0 Å². The van der Waals surface area contributed by atoms with Crippen LogP contribution in [-0.2, 0) is 9.59 Å². The monoisotopic (exact) mass is 290 g/mol. The number of carbonyl (C=O) groups is 2. The molecule has 0 aromatic heterocycles. The minimum Gasteiger partial charge on any atom is -0.352 e. The highest BCUT2D eigenvalue weighted by Crippen LogP contribution is 2.60. The Morgan fingerprint density at radius 1 is 1.00 bits per heavy atom. The normalized spacial score (nSPS) is 41.7. The van der Waals surface area contributed by atoms with E-state index in [4.69, 9.17) is 0 Å². The van der Waals surface area contributed by atoms with Gasteiger partial charge in [0.1, 0.15) is 6.04 Å². The van der Waals surface area contributed by atoms with Crippen molar-refractivity contribution in [1.82, 2.24) is 10.6 Å². The van der Waals surface area contributed by atoms with E-state index in [1.165, 1.54) is 19.3 Å². The molecule has 2 N–H and O–H groups in total. The van der Waals surface area contributed by atoms with Gasteiger partial charge in [0.15, 0.2) is 0 Å². The molecule has 4 bridgehead atoms. The predicted molar refractivity (Wildman–Crippen MR) is 79.4 cm³/mol. The molecule has 0 aliphatic heterocycles. The van der Waals surface area contributed by atoms with E-state index in [1.54, 1.807) is 0 Å². The maximum Gasteiger partial charge on any atom is 0.242 e. The third-order valence-electron chi connectivity index (χ3n) is 6.18. The quantitative estimate of drug-likeness (QED) is 0.832. The van der Waals surface area contributed by atoms with Crippen LogP contribution in [0.15, 0.2) is 0 Å². The van der Waals surface area contributed by atoms with E-state index in [1.807, 2.05) is 6.92 Å². The fourth-order valence-electron chi connectivity index (χ4n) is 5.36. The summed E-state index contributed by atoms with van der Waals surface area (Å²) in [5.41, 5.74) is -0.150. The third-order valence-corrected chi connectivity index (χ3v) is 6.18. The van der Waals surface area contributed by atoms with Crippen molar-refractivity contribution in [2.45, 2.75) is 70.4 Å². The fourth-order valence-corrected chi connectivity index (χ4v) is 5.36. The summed E-state index contributed by atoms with van der Waals surface area (Å²) in [6.07, 6.45) is 9.35. The number of hydrogen-bond acceptors (Lipinski definition) is 2. The first-order chi connectivity index (χ1) is 10.0. The van der Waals surface area contributed by atoms with Crippen LogP contribution in [0.3, 0.4) is 0 Å². The first-order valence-electron chi connectivity index (χ1n) is 8.65. The van der Waals surface area contributed by atoms with E-state index in [9.17, 15) is 9.59 Å². The summed E-state index contributed by atoms with van der Waals surface area (Å²) in [7, 11) is 0. The summed E-state index contributed by atoms with van der Waals surface area (Å²) >= 11 is 0. The van der Waals surface area contributed by atoms with Crippen LogP contribution in [0.25, 0.3) is 0 Å². The van der Waals surface area contributed by atoms with Crippen LogP contribution in [0, 0.1) is 23.2 Å². The molecule has 21 heavy (non-hydrogen) atoms. The molecule has 5 fully saturated rings. The molecule has 1 atom stereocenters. The average molecular weight is 290 g/mol. The summed E-state index contributed by atoms with van der Waals surface area (Å²) in [5, 5.41) is 6.00. The minimum absolute atomic E-state index is 0.0180. The van der Waals surface area contributed by atoms with Crippen LogP contribution in [0.4, 0.5) is 0 Å². The predicted octanol–water partition coefficient (Wildman–Crippen LogP) is 1.99. The number of nitrogens with one attached hydrogen (secondary N) is 2. The molecule has 0 unspecified atom stereocenters. The number of rotatable bonds is 4. The Morgan fingerprint density at radius 2 is 1.52 bits per heavy atom. The van der Waals surface area contributed by atoms with Gasteiger partial charge in [-0.15, -0.1) is 0 Å². The Balaban J connectivity index is 1.41. The highest BCUT2D eigenvalue weighted by Gasteiger charge is 2.54. The first-order valence-corrected chi connectivity index (χ1v) is 8.65. The fraction of sp³-hybridized carbons (Fsp3) is 0.882. The summed E-state index contributed by atoms with van der Waals surface area (Å²) < 4.78 is 0. The van der Waals surface area contributed by atoms with Crippen LogP contribution in [0.5, 0.6) is 0 Å². The van der Waals surface area contributed by atoms with Crippen LogP contribution >= 0.6 is 0 Å². The van der Waals surface area contributed by atoms with Gasteiger partial charge in [-0.05, 0) is 76.0 Å². The van der Waals surface area contributed by atoms with E-state index in [0.717, 1.165) is 49.9 Å². The van der Waals surface area contributed by atoms with Gasteiger partial charge in [0.2, 0.25) is 11.8 Å². The lowest BCUT2D eigenvalue weighted by Gasteiger charge is -2.55. The third kappa shape index (κ3) is 2.47. The standard InChI is InChI=1S/C17H26N2O2/c1-10(15(20)19-14-2-3-14)18-16(21)17-7-11-4-12(8-17)6-13(5-11)9-17/h10-14H,2-9H2,1H3,(H,18,21)(H,19,20)/t10-,11?,12?,13?,17?/m0/s1. The summed E-state index contributed by atoms with van der Waals surface area (Å²) in [4.78, 5) is 24.9. The van der Waals surface area contributed by atoms with Gasteiger partial charge in [0.05, 0.1) is 0 Å². The average Bonchev–Trinajstić information content (AvgIpc) is 3.20. The number of amides is 2. The molecule has 0 aromatic rings. The molecule has 116 valence electrons. The van der Waals surface area contributed by atoms with Crippen molar-refractivity contribution in [1.29, 1.82) is 0 Å². The Labute approximate surface area is 126 Å². The molecule has 5 rings (SSSR count). The zero-order valence-electron chi connectivity index (χ0n) is 12.9. The number of carbonyl (C=O) groups excluding carboxylic acids is 2. The van der Waals surface area contributed by atoms with E-state index >= 15 is 0 Å². The molecule has 0 spiro atoms. The van der Waals surface area contributed by atoms with Gasteiger partial charge < -0.3 is 10.6 Å². The van der Waals surface area contributed by atoms with Gasteiger partial charge in [0.25, 0.3) is 0 Å². The molecular weight excluding hydrogens is 264 g/mol. The lowest BCUT2D eigenvalue weighted by molar-refractivity contribution is -0.148. The zero-order valence-corrected chi connectivity index (χ0v) is 12.9. The minimum atomic E-state index is -0.397. The maximum absolute atomic E-state index is 12.8. The van der Waals surface area contributed by atoms with Crippen molar-refractivity contribution < 1.29 is 9.59 Å². The molecule has 4 nitrogen and oxygen atoms in total. The van der Waals surface area contributed by atoms with Gasteiger partial charge >= 0.3 is 0 Å². The van der Waals surface area contributed by atoms with Gasteiger partial charge in [-0.25, -0.2) is 0 Å². The Morgan fingerprint density at radius 3 is 2.00 bits per heavy atom. The smallest absolute Gasteiger partial charge is 0.242 e. The molecule has 0 saturated heterocycles. The second kappa shape index (κ2) is 4.72. The largest absolute Gasteiger partial charge is 0.352 e.